The smallest absolute Gasteiger partial charge is 0.310 e. The van der Waals surface area contributed by atoms with Crippen LogP contribution in [-0.2, 0) is 19.1 Å². The van der Waals surface area contributed by atoms with E-state index in [0.717, 1.165) is 0 Å². The summed E-state index contributed by atoms with van der Waals surface area (Å²) in [5.41, 5.74) is 0.658. The molecule has 9 heteroatoms. The molecule has 7 atom stereocenters. The fraction of sp³-hybridized carbons (Fsp3) is 0.552. The van der Waals surface area contributed by atoms with Gasteiger partial charge in [-0.15, -0.1) is 24.9 Å². The summed E-state index contributed by atoms with van der Waals surface area (Å²) in [7, 11) is 1.58. The topological polar surface area (TPSA) is 96.4 Å². The van der Waals surface area contributed by atoms with Gasteiger partial charge in [-0.25, -0.2) is 0 Å². The molecule has 38 heavy (non-hydrogen) atoms. The number of benzene rings is 1. The van der Waals surface area contributed by atoms with Gasteiger partial charge >= 0.3 is 5.97 Å². The Morgan fingerprint density at radius 1 is 1.29 bits per heavy atom. The number of hydrogen-bond donors (Lipinski definition) is 1. The van der Waals surface area contributed by atoms with Crippen molar-refractivity contribution in [3.63, 3.8) is 0 Å². The number of aliphatic hydroxyl groups is 1. The van der Waals surface area contributed by atoms with Crippen molar-refractivity contribution in [1.29, 1.82) is 0 Å². The molecule has 3 aliphatic heterocycles. The number of esters is 1. The Balaban J connectivity index is 1.79. The van der Waals surface area contributed by atoms with Crippen LogP contribution in [0.2, 0.25) is 0 Å². The number of carbonyl (C=O) groups is 3. The van der Waals surface area contributed by atoms with E-state index in [1.165, 1.54) is 0 Å². The van der Waals surface area contributed by atoms with Gasteiger partial charge in [0.15, 0.2) is 0 Å². The molecule has 1 spiro atoms. The van der Waals surface area contributed by atoms with Gasteiger partial charge < -0.3 is 24.4 Å². The highest BCUT2D eigenvalue weighted by Gasteiger charge is 2.77. The van der Waals surface area contributed by atoms with Crippen LogP contribution in [0.4, 0.5) is 5.69 Å². The van der Waals surface area contributed by atoms with Crippen LogP contribution in [0.5, 0.6) is 5.75 Å². The zero-order valence-electron chi connectivity index (χ0n) is 22.4. The van der Waals surface area contributed by atoms with E-state index in [0.29, 0.717) is 30.7 Å². The largest absolute Gasteiger partial charge is 0.497 e. The summed E-state index contributed by atoms with van der Waals surface area (Å²) in [6.45, 7) is 11.7. The minimum atomic E-state index is -0.838. The lowest BCUT2D eigenvalue weighted by Gasteiger charge is -2.42. The molecular weight excluding hydrogens is 504 g/mol. The van der Waals surface area contributed by atoms with E-state index >= 15 is 0 Å². The van der Waals surface area contributed by atoms with E-state index in [1.807, 2.05) is 19.1 Å². The van der Waals surface area contributed by atoms with Crippen molar-refractivity contribution in [2.45, 2.75) is 55.2 Å². The van der Waals surface area contributed by atoms with Crippen molar-refractivity contribution >= 4 is 35.2 Å². The molecule has 8 nitrogen and oxygen atoms in total. The molecule has 0 saturated carbocycles. The van der Waals surface area contributed by atoms with E-state index in [-0.39, 0.29) is 48.7 Å². The number of hydrogen-bond acceptors (Lipinski definition) is 7. The number of likely N-dealkylation sites (tertiary alicyclic amines) is 1. The molecule has 1 aromatic carbocycles. The zero-order valence-corrected chi connectivity index (χ0v) is 23.2. The second kappa shape index (κ2) is 11.5. The van der Waals surface area contributed by atoms with Crippen LogP contribution >= 0.6 is 11.8 Å². The molecule has 3 saturated heterocycles. The molecule has 1 aromatic rings. The van der Waals surface area contributed by atoms with E-state index < -0.39 is 28.7 Å². The minimum absolute atomic E-state index is 0.0141. The molecule has 0 aliphatic carbocycles. The molecule has 0 radical (unpaired) electrons. The van der Waals surface area contributed by atoms with Gasteiger partial charge in [0.05, 0.1) is 42.9 Å². The Kier molecular flexibility index (Phi) is 8.57. The Labute approximate surface area is 229 Å². The van der Waals surface area contributed by atoms with Crippen molar-refractivity contribution in [3.8, 4) is 5.75 Å². The maximum absolute atomic E-state index is 14.6. The monoisotopic (exact) mass is 542 g/mol. The molecule has 0 aromatic heterocycles. The van der Waals surface area contributed by atoms with Crippen molar-refractivity contribution in [3.05, 3.63) is 49.6 Å². The van der Waals surface area contributed by atoms with Gasteiger partial charge in [0.1, 0.15) is 11.8 Å². The highest BCUT2D eigenvalue weighted by molar-refractivity contribution is 8.02. The van der Waals surface area contributed by atoms with Crippen LogP contribution in [-0.4, -0.2) is 76.7 Å². The van der Waals surface area contributed by atoms with Crippen LogP contribution in [0.3, 0.4) is 0 Å². The predicted molar refractivity (Wildman–Crippen MR) is 148 cm³/mol. The number of anilines is 1. The molecule has 4 rings (SSSR count). The highest BCUT2D eigenvalue weighted by Crippen LogP contribution is 2.69. The van der Waals surface area contributed by atoms with Crippen LogP contribution < -0.4 is 9.64 Å². The third-order valence-corrected chi connectivity index (χ3v) is 10.4. The zero-order chi connectivity index (χ0) is 27.6. The fourth-order valence-electron chi connectivity index (χ4n) is 6.51. The molecular formula is C29H38N2O6S. The number of nitrogens with zero attached hydrogens (tertiary/aromatic N) is 2. The first-order chi connectivity index (χ1) is 18.3. The lowest BCUT2D eigenvalue weighted by atomic mass is 9.66. The third kappa shape index (κ3) is 4.43. The Hall–Kier alpha value is -2.78. The number of thioether (sulfide) groups is 1. The van der Waals surface area contributed by atoms with Gasteiger partial charge in [-0.1, -0.05) is 26.0 Å². The number of ether oxygens (including phenoxy) is 2. The van der Waals surface area contributed by atoms with Crippen molar-refractivity contribution < 1.29 is 29.0 Å². The molecule has 3 unspecified atom stereocenters. The second-order valence-corrected chi connectivity index (χ2v) is 11.8. The Morgan fingerprint density at radius 3 is 2.58 bits per heavy atom. The van der Waals surface area contributed by atoms with Gasteiger partial charge in [0, 0.05) is 17.5 Å². The summed E-state index contributed by atoms with van der Waals surface area (Å²) >= 11 is 1.59. The summed E-state index contributed by atoms with van der Waals surface area (Å²) in [4.78, 5) is 45.3. The van der Waals surface area contributed by atoms with E-state index in [1.54, 1.807) is 53.0 Å². The van der Waals surface area contributed by atoms with E-state index in [4.69, 9.17) is 9.47 Å². The summed E-state index contributed by atoms with van der Waals surface area (Å²) in [5, 5.41) is 10.2. The predicted octanol–water partition coefficient (Wildman–Crippen LogP) is 3.44. The molecule has 2 amide bonds. The first kappa shape index (κ1) is 28.2. The maximum Gasteiger partial charge on any atom is 0.310 e. The van der Waals surface area contributed by atoms with Crippen molar-refractivity contribution in [2.75, 3.05) is 31.8 Å². The van der Waals surface area contributed by atoms with Gasteiger partial charge in [0.25, 0.3) is 5.91 Å². The minimum Gasteiger partial charge on any atom is -0.497 e. The highest BCUT2D eigenvalue weighted by atomic mass is 32.2. The van der Waals surface area contributed by atoms with Crippen LogP contribution in [0.15, 0.2) is 49.6 Å². The van der Waals surface area contributed by atoms with Crippen LogP contribution in [0.1, 0.15) is 33.1 Å². The second-order valence-electron chi connectivity index (χ2n) is 10.2. The lowest BCUT2D eigenvalue weighted by Crippen LogP contribution is -2.59. The summed E-state index contributed by atoms with van der Waals surface area (Å²) < 4.78 is 10.1. The van der Waals surface area contributed by atoms with Gasteiger partial charge in [-0.2, -0.15) is 0 Å². The Morgan fingerprint density at radius 2 is 2.00 bits per heavy atom. The van der Waals surface area contributed by atoms with Crippen molar-refractivity contribution in [2.24, 2.45) is 17.8 Å². The molecule has 206 valence electrons. The van der Waals surface area contributed by atoms with E-state index in [9.17, 15) is 19.5 Å². The normalized spacial score (nSPS) is 30.1. The first-order valence-corrected chi connectivity index (χ1v) is 14.1. The average molecular weight is 543 g/mol. The summed E-state index contributed by atoms with van der Waals surface area (Å²) in [6, 6.07) is 5.81. The molecule has 2 bridgehead atoms. The third-order valence-electron chi connectivity index (χ3n) is 8.29. The number of carbonyl (C=O) groups excluding carboxylic acids is 3. The fourth-order valence-corrected chi connectivity index (χ4v) is 8.90. The average Bonchev–Trinajstić information content (AvgIpc) is 3.52. The van der Waals surface area contributed by atoms with Gasteiger partial charge in [-0.3, -0.25) is 14.4 Å². The standard InChI is InChI=1S/C29H38N2O6S/c1-6-9-15-37-28(35)23-22-16-18(4)29(38-22)24(23)26(33)31(19(8-3)17-32)25(29)27(34)30(14-7-2)20-10-12-21(36-5)13-11-20/h6-7,10-13,18-19,22-25,32H,1-2,8-9,14-17H2,3-5H3/t18?,19-,22+,23-,24-,25?,29?/m0/s1. The maximum atomic E-state index is 14.6. The van der Waals surface area contributed by atoms with Gasteiger partial charge in [-0.05, 0) is 49.4 Å². The molecule has 1 N–H and O–H groups in total. The molecule has 3 fully saturated rings. The van der Waals surface area contributed by atoms with Crippen LogP contribution in [0, 0.1) is 17.8 Å². The number of aliphatic hydroxyl groups excluding tert-OH is 1. The molecule has 3 aliphatic rings. The number of fused-ring (bicyclic) bond motifs is 1. The summed E-state index contributed by atoms with van der Waals surface area (Å²) in [6.07, 6.45) is 5.07. The quantitative estimate of drug-likeness (QED) is 0.246. The summed E-state index contributed by atoms with van der Waals surface area (Å²) in [5.74, 6) is -1.51. The molecule has 3 heterocycles. The Bertz CT molecular complexity index is 1070. The SMILES string of the molecule is C=CCCOC(=O)[C@@H]1[C@H]2C(=O)N([C@@H](CC)CO)C(C(=O)N(CC=C)c3ccc(OC)cc3)C23S[C@@H]1CC3C. The van der Waals surface area contributed by atoms with Crippen LogP contribution in [0.25, 0.3) is 0 Å². The first-order valence-electron chi connectivity index (χ1n) is 13.2. The number of rotatable bonds is 12. The number of methoxy groups -OCH3 is 1. The van der Waals surface area contributed by atoms with Gasteiger partial charge in [0.2, 0.25) is 5.91 Å². The lowest BCUT2D eigenvalue weighted by molar-refractivity contribution is -0.154. The van der Waals surface area contributed by atoms with E-state index in [2.05, 4.69) is 20.1 Å². The van der Waals surface area contributed by atoms with Crippen molar-refractivity contribution in [1.82, 2.24) is 4.90 Å². The number of amides is 2.